The van der Waals surface area contributed by atoms with Crippen molar-refractivity contribution < 1.29 is 14.3 Å². The highest BCUT2D eigenvalue weighted by Gasteiger charge is 2.27. The number of hydrogen-bond acceptors (Lipinski definition) is 5. The molecule has 0 saturated carbocycles. The number of aryl methyl sites for hydroxylation is 2. The number of methoxy groups -OCH3 is 1. The zero-order valence-electron chi connectivity index (χ0n) is 19.6. The number of thioether (sulfide) groups is 1. The van der Waals surface area contributed by atoms with E-state index in [4.69, 9.17) is 14.5 Å². The molecule has 0 aliphatic carbocycles. The molecule has 0 radical (unpaired) electrons. The summed E-state index contributed by atoms with van der Waals surface area (Å²) in [5, 5.41) is 3.45. The summed E-state index contributed by atoms with van der Waals surface area (Å²) in [6, 6.07) is 15.6. The van der Waals surface area contributed by atoms with Gasteiger partial charge in [0.15, 0.2) is 5.16 Å². The van der Waals surface area contributed by atoms with E-state index in [-0.39, 0.29) is 12.0 Å². The van der Waals surface area contributed by atoms with E-state index in [0.29, 0.717) is 11.4 Å². The number of nitrogens with one attached hydrogen (secondary N) is 1. The van der Waals surface area contributed by atoms with E-state index in [1.165, 1.54) is 11.8 Å². The van der Waals surface area contributed by atoms with Gasteiger partial charge in [0.05, 0.1) is 31.1 Å². The number of nitrogens with zero attached hydrogens (tertiary/aromatic N) is 2. The number of carbonyl (C=O) groups excluding carboxylic acids is 1. The first kappa shape index (κ1) is 23.4. The molecule has 1 saturated heterocycles. The van der Waals surface area contributed by atoms with Gasteiger partial charge in [-0.3, -0.25) is 4.79 Å². The molecular weight excluding hydrogens is 434 g/mol. The maximum absolute atomic E-state index is 13.6. The van der Waals surface area contributed by atoms with E-state index in [0.717, 1.165) is 53.7 Å². The first-order valence-electron chi connectivity index (χ1n) is 11.3. The molecule has 2 atom stereocenters. The molecule has 1 N–H and O–H groups in total. The van der Waals surface area contributed by atoms with Gasteiger partial charge in [0.2, 0.25) is 5.91 Å². The minimum atomic E-state index is -0.471. The number of hydrogen-bond donors (Lipinski definition) is 1. The van der Waals surface area contributed by atoms with Gasteiger partial charge in [-0.15, -0.1) is 0 Å². The second kappa shape index (κ2) is 10.4. The molecule has 33 heavy (non-hydrogen) atoms. The van der Waals surface area contributed by atoms with Crippen molar-refractivity contribution in [2.45, 2.75) is 56.7 Å². The van der Waals surface area contributed by atoms with Crippen molar-refractivity contribution in [1.29, 1.82) is 0 Å². The number of benzene rings is 2. The summed E-state index contributed by atoms with van der Waals surface area (Å²) in [6.45, 7) is 7.65. The normalized spacial score (nSPS) is 16.5. The average Bonchev–Trinajstić information content (AvgIpc) is 3.42. The van der Waals surface area contributed by atoms with Gasteiger partial charge in [-0.05, 0) is 56.9 Å². The van der Waals surface area contributed by atoms with Gasteiger partial charge in [-0.1, -0.05) is 48.2 Å². The highest BCUT2D eigenvalue weighted by atomic mass is 32.2. The van der Waals surface area contributed by atoms with Crippen LogP contribution in [-0.2, 0) is 16.1 Å². The molecule has 1 aromatic heterocycles. The lowest BCUT2D eigenvalue weighted by molar-refractivity contribution is -0.115. The van der Waals surface area contributed by atoms with Gasteiger partial charge in [0, 0.05) is 12.3 Å². The van der Waals surface area contributed by atoms with Gasteiger partial charge in [0.1, 0.15) is 11.0 Å². The molecule has 174 valence electrons. The van der Waals surface area contributed by atoms with Crippen LogP contribution in [0.4, 0.5) is 5.69 Å². The van der Waals surface area contributed by atoms with E-state index in [2.05, 4.69) is 16.8 Å². The standard InChI is InChI=1S/C26H31N3O3S/c1-17-12-13-23(31-4)22(15-17)28-25(30)24(20-9-6-5-7-10-20)33-26-27-18(2)19(3)29(26)16-21-11-8-14-32-21/h5-7,9-10,12-13,15,21,24H,8,11,14,16H2,1-4H3,(H,28,30)/t21-,24+/m1/s1. The van der Waals surface area contributed by atoms with Crippen LogP contribution in [0.5, 0.6) is 5.75 Å². The molecule has 2 aromatic carbocycles. The van der Waals surface area contributed by atoms with Crippen LogP contribution in [-0.4, -0.2) is 35.3 Å². The Kier molecular flexibility index (Phi) is 7.40. The molecule has 0 spiro atoms. The number of aromatic nitrogens is 2. The van der Waals surface area contributed by atoms with Crippen LogP contribution in [0.15, 0.2) is 53.7 Å². The summed E-state index contributed by atoms with van der Waals surface area (Å²) >= 11 is 1.48. The summed E-state index contributed by atoms with van der Waals surface area (Å²) < 4.78 is 13.5. The fourth-order valence-electron chi connectivity index (χ4n) is 4.04. The smallest absolute Gasteiger partial charge is 0.242 e. The summed E-state index contributed by atoms with van der Waals surface area (Å²) in [5.41, 5.74) is 4.73. The van der Waals surface area contributed by atoms with Crippen LogP contribution in [0.1, 0.15) is 40.6 Å². The molecule has 1 amide bonds. The minimum absolute atomic E-state index is 0.114. The Hall–Kier alpha value is -2.77. The third kappa shape index (κ3) is 5.42. The van der Waals surface area contributed by atoms with Crippen molar-refractivity contribution in [2.75, 3.05) is 19.0 Å². The summed E-state index contributed by atoms with van der Waals surface area (Å²) in [6.07, 6.45) is 2.33. The van der Waals surface area contributed by atoms with Gasteiger partial charge in [-0.25, -0.2) is 4.98 Å². The Morgan fingerprint density at radius 1 is 1.24 bits per heavy atom. The molecule has 1 aliphatic rings. The molecule has 6 nitrogen and oxygen atoms in total. The van der Waals surface area contributed by atoms with E-state index in [1.54, 1.807) is 7.11 Å². The second-order valence-electron chi connectivity index (χ2n) is 8.41. The van der Waals surface area contributed by atoms with Crippen LogP contribution < -0.4 is 10.1 Å². The molecule has 7 heteroatoms. The van der Waals surface area contributed by atoms with Crippen molar-refractivity contribution in [1.82, 2.24) is 9.55 Å². The highest BCUT2D eigenvalue weighted by Crippen LogP contribution is 2.38. The summed E-state index contributed by atoms with van der Waals surface area (Å²) in [4.78, 5) is 18.4. The molecule has 0 bridgehead atoms. The molecule has 1 aliphatic heterocycles. The fraction of sp³-hybridized carbons (Fsp3) is 0.385. The topological polar surface area (TPSA) is 65.4 Å². The highest BCUT2D eigenvalue weighted by molar-refractivity contribution is 8.00. The van der Waals surface area contributed by atoms with Gasteiger partial charge < -0.3 is 19.4 Å². The predicted octanol–water partition coefficient (Wildman–Crippen LogP) is 5.47. The molecule has 0 unspecified atom stereocenters. The number of anilines is 1. The second-order valence-corrected chi connectivity index (χ2v) is 9.48. The Bertz CT molecular complexity index is 1110. The van der Waals surface area contributed by atoms with Gasteiger partial charge >= 0.3 is 0 Å². The van der Waals surface area contributed by atoms with E-state index in [9.17, 15) is 4.79 Å². The van der Waals surface area contributed by atoms with E-state index in [1.807, 2.05) is 62.4 Å². The lowest BCUT2D eigenvalue weighted by atomic mass is 10.1. The fourth-order valence-corrected chi connectivity index (χ4v) is 5.24. The largest absolute Gasteiger partial charge is 0.495 e. The van der Waals surface area contributed by atoms with E-state index < -0.39 is 5.25 Å². The quantitative estimate of drug-likeness (QED) is 0.447. The molecule has 2 heterocycles. The Labute approximate surface area is 199 Å². The van der Waals surface area contributed by atoms with Crippen molar-refractivity contribution in [3.63, 3.8) is 0 Å². The first-order valence-corrected chi connectivity index (χ1v) is 12.2. The summed E-state index contributed by atoms with van der Waals surface area (Å²) in [7, 11) is 1.61. The lowest BCUT2D eigenvalue weighted by Gasteiger charge is -2.20. The third-order valence-corrected chi connectivity index (χ3v) is 7.25. The van der Waals surface area contributed by atoms with Crippen molar-refractivity contribution in [3.05, 3.63) is 71.0 Å². The molecule has 3 aromatic rings. The molecular formula is C26H31N3O3S. The Morgan fingerprint density at radius 3 is 2.73 bits per heavy atom. The van der Waals surface area contributed by atoms with Crippen LogP contribution >= 0.6 is 11.8 Å². The number of ether oxygens (including phenoxy) is 2. The van der Waals surface area contributed by atoms with Crippen LogP contribution in [0.25, 0.3) is 0 Å². The number of imidazole rings is 1. The molecule has 1 fully saturated rings. The third-order valence-electron chi connectivity index (χ3n) is 6.01. The van der Waals surface area contributed by atoms with Crippen molar-refractivity contribution in [3.8, 4) is 5.75 Å². The lowest BCUT2D eigenvalue weighted by Crippen LogP contribution is -2.21. The number of rotatable bonds is 8. The maximum Gasteiger partial charge on any atom is 0.242 e. The van der Waals surface area contributed by atoms with Crippen molar-refractivity contribution >= 4 is 23.4 Å². The number of amides is 1. The van der Waals surface area contributed by atoms with Crippen LogP contribution in [0.2, 0.25) is 0 Å². The predicted molar refractivity (Wildman–Crippen MR) is 132 cm³/mol. The zero-order valence-corrected chi connectivity index (χ0v) is 20.4. The summed E-state index contributed by atoms with van der Waals surface area (Å²) in [5.74, 6) is 0.523. The van der Waals surface area contributed by atoms with E-state index >= 15 is 0 Å². The SMILES string of the molecule is COc1ccc(C)cc1NC(=O)[C@@H](Sc1nc(C)c(C)n1C[C@H]1CCCO1)c1ccccc1. The minimum Gasteiger partial charge on any atom is -0.495 e. The van der Waals surface area contributed by atoms with Crippen LogP contribution in [0.3, 0.4) is 0 Å². The van der Waals surface area contributed by atoms with Crippen molar-refractivity contribution in [2.24, 2.45) is 0 Å². The first-order chi connectivity index (χ1) is 16.0. The Morgan fingerprint density at radius 2 is 2.03 bits per heavy atom. The monoisotopic (exact) mass is 465 g/mol. The maximum atomic E-state index is 13.6. The van der Waals surface area contributed by atoms with Crippen LogP contribution in [0, 0.1) is 20.8 Å². The zero-order chi connectivity index (χ0) is 23.4. The van der Waals surface area contributed by atoms with Gasteiger partial charge in [0.25, 0.3) is 0 Å². The molecule has 4 rings (SSSR count). The van der Waals surface area contributed by atoms with Gasteiger partial charge in [-0.2, -0.15) is 0 Å². The Balaban J connectivity index is 1.65. The average molecular weight is 466 g/mol. The number of carbonyl (C=O) groups is 1.